The summed E-state index contributed by atoms with van der Waals surface area (Å²) in [5, 5.41) is 14.1. The average molecular weight is 603 g/mol. The van der Waals surface area contributed by atoms with E-state index in [1.807, 2.05) is 51.2 Å². The van der Waals surface area contributed by atoms with Crippen LogP contribution in [-0.2, 0) is 10.2 Å². The summed E-state index contributed by atoms with van der Waals surface area (Å²) < 4.78 is 13.7. The minimum atomic E-state index is -0.386. The first-order chi connectivity index (χ1) is 20.6. The summed E-state index contributed by atoms with van der Waals surface area (Å²) in [6.07, 6.45) is 8.72. The molecular formula is C31H38N8O3S. The van der Waals surface area contributed by atoms with E-state index in [9.17, 15) is 4.79 Å². The molecule has 3 aromatic heterocycles. The van der Waals surface area contributed by atoms with Gasteiger partial charge in [0, 0.05) is 60.6 Å². The molecule has 1 aliphatic carbocycles. The number of carbonyl (C=O) groups is 1. The normalized spacial score (nSPS) is 19.9. The van der Waals surface area contributed by atoms with Crippen LogP contribution in [0.5, 0.6) is 0 Å². The van der Waals surface area contributed by atoms with Gasteiger partial charge in [-0.1, -0.05) is 49.4 Å². The van der Waals surface area contributed by atoms with Crippen molar-refractivity contribution in [3.63, 3.8) is 0 Å². The Hall–Kier alpha value is -3.71. The predicted molar refractivity (Wildman–Crippen MR) is 170 cm³/mol. The maximum atomic E-state index is 12.5. The van der Waals surface area contributed by atoms with Crippen LogP contribution in [0.25, 0.3) is 22.3 Å². The lowest BCUT2D eigenvalue weighted by Gasteiger charge is -2.40. The number of hydrogen-bond acceptors (Lipinski definition) is 9. The zero-order valence-corrected chi connectivity index (χ0v) is 25.8. The molecule has 12 heteroatoms. The molecule has 1 saturated heterocycles. The molecule has 226 valence electrons. The minimum absolute atomic E-state index is 0.139. The zero-order valence-electron chi connectivity index (χ0n) is 25.0. The lowest BCUT2D eigenvalue weighted by Crippen LogP contribution is -2.54. The second kappa shape index (κ2) is 10.8. The number of aromatic nitrogens is 3. The van der Waals surface area contributed by atoms with Gasteiger partial charge in [-0.2, -0.15) is 0 Å². The molecule has 2 fully saturated rings. The molecule has 7 rings (SSSR count). The van der Waals surface area contributed by atoms with Crippen molar-refractivity contribution in [1.29, 1.82) is 0 Å². The van der Waals surface area contributed by atoms with Crippen molar-refractivity contribution >= 4 is 44.9 Å². The topological polar surface area (TPSA) is 112 Å². The van der Waals surface area contributed by atoms with Crippen molar-refractivity contribution < 1.29 is 14.1 Å². The van der Waals surface area contributed by atoms with E-state index in [4.69, 9.17) is 14.2 Å². The fourth-order valence-corrected chi connectivity index (χ4v) is 6.89. The smallest absolute Gasteiger partial charge is 0.324 e. The standard InChI is InChI=1S/C31H38N8O3S/c1-30(2,3)24-17-25(36-42-24)34-28(40)32-21-7-5-20(6-8-21)22-18-39-23-9-10-26(35-27(23)43-29(39)33-22)41-16-15-38-14-13-37(4)19-31(38)11-12-31/h5-10,17-18,26,35H,11-16,19H2,1-4H3,(H2,32,34,36,40). The Morgan fingerprint density at radius 3 is 2.77 bits per heavy atom. The monoisotopic (exact) mass is 602 g/mol. The number of fused-ring (bicyclic) bond motifs is 3. The third-order valence-corrected chi connectivity index (χ3v) is 9.46. The number of nitrogens with zero attached hydrogens (tertiary/aromatic N) is 5. The summed E-state index contributed by atoms with van der Waals surface area (Å²) in [7, 11) is 2.23. The summed E-state index contributed by atoms with van der Waals surface area (Å²) in [6.45, 7) is 11.2. The molecule has 0 bridgehead atoms. The van der Waals surface area contributed by atoms with Gasteiger partial charge in [0.05, 0.1) is 18.0 Å². The number of rotatable bonds is 7. The fraction of sp³-hybridized carbons (Fsp3) is 0.452. The van der Waals surface area contributed by atoms with E-state index >= 15 is 0 Å². The third kappa shape index (κ3) is 5.79. The van der Waals surface area contributed by atoms with Crippen LogP contribution in [0.1, 0.15) is 45.1 Å². The molecule has 3 N–H and O–H groups in total. The van der Waals surface area contributed by atoms with Gasteiger partial charge in [-0.05, 0) is 44.2 Å². The molecule has 4 aromatic rings. The van der Waals surface area contributed by atoms with E-state index in [2.05, 4.69) is 54.5 Å². The lowest BCUT2D eigenvalue weighted by molar-refractivity contribution is 0.0277. The van der Waals surface area contributed by atoms with Gasteiger partial charge in [-0.15, -0.1) is 0 Å². The number of piperazine rings is 1. The first-order valence-corrected chi connectivity index (χ1v) is 15.6. The van der Waals surface area contributed by atoms with Crippen molar-refractivity contribution in [2.75, 3.05) is 55.8 Å². The summed E-state index contributed by atoms with van der Waals surface area (Å²) in [6, 6.07) is 8.97. The van der Waals surface area contributed by atoms with Crippen molar-refractivity contribution in [2.24, 2.45) is 0 Å². The summed E-state index contributed by atoms with van der Waals surface area (Å²) in [5.74, 6) is 1.08. The Morgan fingerprint density at radius 1 is 1.21 bits per heavy atom. The molecular weight excluding hydrogens is 564 g/mol. The van der Waals surface area contributed by atoms with Gasteiger partial charge in [0.1, 0.15) is 17.0 Å². The lowest BCUT2D eigenvalue weighted by atomic mass is 9.93. The maximum absolute atomic E-state index is 12.5. The number of urea groups is 1. The highest BCUT2D eigenvalue weighted by Crippen LogP contribution is 2.43. The van der Waals surface area contributed by atoms with Gasteiger partial charge < -0.3 is 24.8 Å². The van der Waals surface area contributed by atoms with Gasteiger partial charge in [0.25, 0.3) is 0 Å². The number of anilines is 3. The van der Waals surface area contributed by atoms with Gasteiger partial charge in [0.2, 0.25) is 0 Å². The number of imidazole rings is 1. The van der Waals surface area contributed by atoms with E-state index in [-0.39, 0.29) is 17.7 Å². The third-order valence-electron chi connectivity index (χ3n) is 8.46. The van der Waals surface area contributed by atoms with Crippen molar-refractivity contribution in [3.05, 3.63) is 54.1 Å². The average Bonchev–Trinajstić information content (AvgIpc) is 3.27. The highest BCUT2D eigenvalue weighted by molar-refractivity contribution is 7.21. The van der Waals surface area contributed by atoms with E-state index < -0.39 is 0 Å². The largest absolute Gasteiger partial charge is 0.359 e. The van der Waals surface area contributed by atoms with Crippen LogP contribution in [0.3, 0.4) is 0 Å². The second-order valence-corrected chi connectivity index (χ2v) is 13.8. The van der Waals surface area contributed by atoms with Crippen molar-refractivity contribution in [2.45, 2.75) is 50.8 Å². The Morgan fingerprint density at radius 2 is 2.02 bits per heavy atom. The number of carbonyl (C=O) groups excluding carboxylic acids is 1. The van der Waals surface area contributed by atoms with Crippen LogP contribution < -0.4 is 16.0 Å². The molecule has 1 atom stereocenters. The SMILES string of the molecule is CN1CCN(CCOC2C=Cc3c(sc4nc(-c5ccc(NC(=O)Nc6cc(C(C)(C)C)on6)cc5)cn34)N2)C2(CC2)C1. The van der Waals surface area contributed by atoms with E-state index in [1.165, 1.54) is 19.4 Å². The van der Waals surface area contributed by atoms with Crippen LogP contribution in [0, 0.1) is 0 Å². The van der Waals surface area contributed by atoms with E-state index in [1.54, 1.807) is 17.4 Å². The van der Waals surface area contributed by atoms with Gasteiger partial charge in [0.15, 0.2) is 10.8 Å². The molecule has 11 nitrogen and oxygen atoms in total. The van der Waals surface area contributed by atoms with Gasteiger partial charge >= 0.3 is 6.03 Å². The highest BCUT2D eigenvalue weighted by Gasteiger charge is 2.50. The second-order valence-electron chi connectivity index (χ2n) is 12.8. The highest BCUT2D eigenvalue weighted by atomic mass is 32.1. The van der Waals surface area contributed by atoms with Crippen LogP contribution in [0.4, 0.5) is 21.3 Å². The maximum Gasteiger partial charge on any atom is 0.324 e. The van der Waals surface area contributed by atoms with Crippen LogP contribution in [-0.4, -0.2) is 82.0 Å². The molecule has 0 radical (unpaired) electrons. The number of thiazole rings is 1. The zero-order chi connectivity index (χ0) is 29.8. The molecule has 5 heterocycles. The molecule has 1 spiro atoms. The molecule has 3 aliphatic rings. The number of ether oxygens (including phenoxy) is 1. The van der Waals surface area contributed by atoms with Gasteiger partial charge in [-0.25, -0.2) is 9.78 Å². The molecule has 43 heavy (non-hydrogen) atoms. The molecule has 1 saturated carbocycles. The Balaban J connectivity index is 0.940. The quantitative estimate of drug-likeness (QED) is 0.252. The molecule has 1 aromatic carbocycles. The van der Waals surface area contributed by atoms with E-state index in [0.717, 1.165) is 46.5 Å². The first-order valence-electron chi connectivity index (χ1n) is 14.8. The number of benzene rings is 1. The van der Waals surface area contributed by atoms with Crippen LogP contribution in [0.2, 0.25) is 0 Å². The Labute approximate surface area is 254 Å². The van der Waals surface area contributed by atoms with Crippen molar-refractivity contribution in [3.8, 4) is 11.3 Å². The fourth-order valence-electron chi connectivity index (χ4n) is 5.87. The van der Waals surface area contributed by atoms with Crippen LogP contribution >= 0.6 is 11.3 Å². The molecule has 2 amide bonds. The minimum Gasteiger partial charge on any atom is -0.359 e. The molecule has 1 unspecified atom stereocenters. The number of hydrogen-bond donors (Lipinski definition) is 3. The molecule has 2 aliphatic heterocycles. The number of nitrogens with one attached hydrogen (secondary N) is 3. The Bertz CT molecular complexity index is 1660. The van der Waals surface area contributed by atoms with E-state index in [0.29, 0.717) is 29.4 Å². The van der Waals surface area contributed by atoms with Crippen molar-refractivity contribution in [1.82, 2.24) is 24.3 Å². The number of amides is 2. The summed E-state index contributed by atoms with van der Waals surface area (Å²) in [4.78, 5) is 23.3. The first kappa shape index (κ1) is 28.1. The number of likely N-dealkylation sites (N-methyl/N-ethyl adjacent to an activating group) is 1. The van der Waals surface area contributed by atoms with Gasteiger partial charge in [-0.3, -0.25) is 14.6 Å². The summed E-state index contributed by atoms with van der Waals surface area (Å²) in [5.41, 5.74) is 3.79. The predicted octanol–water partition coefficient (Wildman–Crippen LogP) is 5.55. The Kier molecular flexibility index (Phi) is 7.04. The van der Waals surface area contributed by atoms with Crippen LogP contribution in [0.15, 0.2) is 47.1 Å². The summed E-state index contributed by atoms with van der Waals surface area (Å²) >= 11 is 1.62.